The first-order chi connectivity index (χ1) is 16.7. The molecule has 0 spiro atoms. The molecule has 0 radical (unpaired) electrons. The molecule has 0 aromatic carbocycles. The number of carbonyl (C=O) groups is 2. The minimum Gasteiger partial charge on any atom is -0.396 e. The highest BCUT2D eigenvalue weighted by molar-refractivity contribution is 5.87. The number of anilines is 1. The Labute approximate surface area is 202 Å². The Balaban J connectivity index is 1.59. The molecule has 1 aliphatic rings. The molecule has 35 heavy (non-hydrogen) atoms. The number of unbranched alkanes of at least 4 members (excludes halogenated alkanes) is 3. The number of aromatic nitrogens is 2. The van der Waals surface area contributed by atoms with Crippen LogP contribution in [0, 0.1) is 6.92 Å². The topological polar surface area (TPSA) is 218 Å². The summed E-state index contributed by atoms with van der Waals surface area (Å²) in [6.45, 7) is 1.71. The average Bonchev–Trinajstić information content (AvgIpc) is 2.79. The van der Waals surface area contributed by atoms with E-state index in [4.69, 9.17) is 4.74 Å². The van der Waals surface area contributed by atoms with E-state index < -0.39 is 49.1 Å². The molecule has 4 amide bonds. The van der Waals surface area contributed by atoms with Crippen LogP contribution < -0.4 is 26.8 Å². The molecule has 14 heteroatoms. The smallest absolute Gasteiger partial charge is 0.321 e. The van der Waals surface area contributed by atoms with Crippen molar-refractivity contribution in [3.8, 4) is 0 Å². The fourth-order valence-electron chi connectivity index (χ4n) is 3.75. The highest BCUT2D eigenvalue weighted by Gasteiger charge is 2.44. The third kappa shape index (κ3) is 9.41. The lowest BCUT2D eigenvalue weighted by molar-refractivity contribution is -0.195. The van der Waals surface area contributed by atoms with Crippen LogP contribution in [0.5, 0.6) is 0 Å². The van der Waals surface area contributed by atoms with Gasteiger partial charge in [-0.3, -0.25) is 15.1 Å². The molecular weight excluding hydrogens is 464 g/mol. The van der Waals surface area contributed by atoms with E-state index in [1.54, 1.807) is 6.92 Å². The Hall–Kier alpha value is -2.78. The summed E-state index contributed by atoms with van der Waals surface area (Å²) in [4.78, 5) is 41.9. The van der Waals surface area contributed by atoms with E-state index in [9.17, 15) is 34.8 Å². The van der Waals surface area contributed by atoms with Gasteiger partial charge >= 0.3 is 12.1 Å². The third-order valence-corrected chi connectivity index (χ3v) is 5.52. The molecule has 0 bridgehead atoms. The summed E-state index contributed by atoms with van der Waals surface area (Å²) in [5, 5.41) is 49.2. The number of H-pyrrole nitrogens is 1. The molecule has 5 unspecified atom stereocenters. The summed E-state index contributed by atoms with van der Waals surface area (Å²) in [6.07, 6.45) is -1.33. The third-order valence-electron chi connectivity index (χ3n) is 5.52. The average molecular weight is 501 g/mol. The lowest BCUT2D eigenvalue weighted by atomic mass is 9.91. The summed E-state index contributed by atoms with van der Waals surface area (Å²) in [6, 6.07) is -0.636. The minimum atomic E-state index is -1.37. The second-order valence-corrected chi connectivity index (χ2v) is 8.35. The van der Waals surface area contributed by atoms with Gasteiger partial charge in [-0.15, -0.1) is 0 Å². The second-order valence-electron chi connectivity index (χ2n) is 8.35. The molecule has 1 aliphatic heterocycles. The molecule has 1 aromatic rings. The number of rotatable bonds is 12. The van der Waals surface area contributed by atoms with Gasteiger partial charge in [-0.25, -0.2) is 14.6 Å². The van der Waals surface area contributed by atoms with E-state index in [2.05, 4.69) is 31.2 Å². The quantitative estimate of drug-likeness (QED) is 0.149. The van der Waals surface area contributed by atoms with E-state index in [1.807, 2.05) is 0 Å². The van der Waals surface area contributed by atoms with Gasteiger partial charge in [0.05, 0.1) is 18.8 Å². The SMILES string of the molecule is Cc1cc(=O)[nH]c(NC(=O)NCCCCCCNC(=O)NC2C(CCO)OC(CO)C(O)C2O)n1. The van der Waals surface area contributed by atoms with Crippen LogP contribution in [-0.4, -0.2) is 99.2 Å². The van der Waals surface area contributed by atoms with Crippen molar-refractivity contribution in [1.82, 2.24) is 25.9 Å². The van der Waals surface area contributed by atoms with Crippen LogP contribution >= 0.6 is 0 Å². The monoisotopic (exact) mass is 500 g/mol. The maximum atomic E-state index is 12.2. The van der Waals surface area contributed by atoms with Gasteiger partial charge in [0, 0.05) is 31.5 Å². The van der Waals surface area contributed by atoms with E-state index in [1.165, 1.54) is 6.07 Å². The number of aryl methyl sites for hydroxylation is 1. The predicted octanol–water partition coefficient (Wildman–Crippen LogP) is -1.71. The number of amides is 4. The standard InChI is InChI=1S/C21H36N6O8/c1-12-10-15(30)25-19(24-12)27-21(34)23-8-5-3-2-4-7-22-20(33)26-16-13(6-9-28)35-14(11-29)17(31)18(16)32/h10,13-14,16-18,28-29,31-32H,2-9,11H2,1H3,(H2,22,26,33)(H3,23,24,25,27,30,34). The molecule has 14 nitrogen and oxygen atoms in total. The number of aliphatic hydroxyl groups excluding tert-OH is 4. The summed E-state index contributed by atoms with van der Waals surface area (Å²) in [7, 11) is 0. The van der Waals surface area contributed by atoms with Crippen molar-refractivity contribution in [2.45, 2.75) is 69.5 Å². The van der Waals surface area contributed by atoms with E-state index in [0.29, 0.717) is 25.2 Å². The lowest BCUT2D eigenvalue weighted by Crippen LogP contribution is -2.65. The van der Waals surface area contributed by atoms with Gasteiger partial charge in [0.15, 0.2) is 0 Å². The van der Waals surface area contributed by atoms with Crippen LogP contribution in [0.3, 0.4) is 0 Å². The normalized spacial score (nSPS) is 24.0. The molecule has 1 saturated heterocycles. The summed E-state index contributed by atoms with van der Waals surface area (Å²) >= 11 is 0. The van der Waals surface area contributed by atoms with Crippen molar-refractivity contribution in [3.05, 3.63) is 22.1 Å². The number of hydrogen-bond donors (Lipinski definition) is 9. The number of hydrogen-bond acceptors (Lipinski definition) is 9. The molecule has 0 aliphatic carbocycles. The Kier molecular flexibility index (Phi) is 11.9. The van der Waals surface area contributed by atoms with Gasteiger partial charge in [-0.05, 0) is 26.2 Å². The summed E-state index contributed by atoms with van der Waals surface area (Å²) < 4.78 is 5.50. The number of nitrogens with one attached hydrogen (secondary N) is 5. The summed E-state index contributed by atoms with van der Waals surface area (Å²) in [5.41, 5.74) is 0.142. The van der Waals surface area contributed by atoms with Crippen molar-refractivity contribution in [2.75, 3.05) is 31.6 Å². The molecule has 2 heterocycles. The number of aliphatic hydroxyl groups is 4. The number of carbonyl (C=O) groups excluding carboxylic acids is 2. The fourth-order valence-corrected chi connectivity index (χ4v) is 3.75. The number of nitrogens with zero attached hydrogens (tertiary/aromatic N) is 1. The number of ether oxygens (including phenoxy) is 1. The Morgan fingerprint density at radius 1 is 1.03 bits per heavy atom. The van der Waals surface area contributed by atoms with E-state index >= 15 is 0 Å². The zero-order valence-electron chi connectivity index (χ0n) is 19.7. The van der Waals surface area contributed by atoms with Crippen molar-refractivity contribution in [3.63, 3.8) is 0 Å². The Morgan fingerprint density at radius 2 is 1.69 bits per heavy atom. The molecule has 9 N–H and O–H groups in total. The van der Waals surface area contributed by atoms with Crippen LogP contribution in [0.2, 0.25) is 0 Å². The zero-order valence-corrected chi connectivity index (χ0v) is 19.7. The fraction of sp³-hybridized carbons (Fsp3) is 0.714. The highest BCUT2D eigenvalue weighted by atomic mass is 16.5. The first-order valence-corrected chi connectivity index (χ1v) is 11.7. The van der Waals surface area contributed by atoms with Crippen molar-refractivity contribution in [1.29, 1.82) is 0 Å². The van der Waals surface area contributed by atoms with Crippen LogP contribution in [0.25, 0.3) is 0 Å². The van der Waals surface area contributed by atoms with Gasteiger partial charge in [-0.1, -0.05) is 12.8 Å². The highest BCUT2D eigenvalue weighted by Crippen LogP contribution is 2.23. The van der Waals surface area contributed by atoms with Crippen LogP contribution in [0.1, 0.15) is 37.8 Å². The molecule has 5 atom stereocenters. The zero-order chi connectivity index (χ0) is 25.8. The van der Waals surface area contributed by atoms with E-state index in [-0.39, 0.29) is 24.5 Å². The van der Waals surface area contributed by atoms with Crippen molar-refractivity contribution in [2.24, 2.45) is 0 Å². The van der Waals surface area contributed by atoms with Gasteiger partial charge in [-0.2, -0.15) is 0 Å². The van der Waals surface area contributed by atoms with Gasteiger partial charge in [0.2, 0.25) is 5.95 Å². The Morgan fingerprint density at radius 3 is 2.29 bits per heavy atom. The first-order valence-electron chi connectivity index (χ1n) is 11.7. The molecule has 0 saturated carbocycles. The lowest BCUT2D eigenvalue weighted by Gasteiger charge is -2.42. The molecule has 2 rings (SSSR count). The largest absolute Gasteiger partial charge is 0.396 e. The maximum Gasteiger partial charge on any atom is 0.321 e. The van der Waals surface area contributed by atoms with Crippen molar-refractivity contribution >= 4 is 18.0 Å². The maximum absolute atomic E-state index is 12.2. The van der Waals surface area contributed by atoms with Crippen LogP contribution in [0.4, 0.5) is 15.5 Å². The van der Waals surface area contributed by atoms with Crippen LogP contribution in [0.15, 0.2) is 10.9 Å². The van der Waals surface area contributed by atoms with Crippen LogP contribution in [-0.2, 0) is 4.74 Å². The molecule has 1 aromatic heterocycles. The predicted molar refractivity (Wildman–Crippen MR) is 125 cm³/mol. The first kappa shape index (κ1) is 28.5. The number of aromatic amines is 1. The van der Waals surface area contributed by atoms with Crippen molar-refractivity contribution < 1.29 is 34.8 Å². The molecule has 1 fully saturated rings. The minimum absolute atomic E-state index is 0.0783. The molecular formula is C21H36N6O8. The number of urea groups is 2. The second kappa shape index (κ2) is 14.6. The van der Waals surface area contributed by atoms with Gasteiger partial charge < -0.3 is 41.1 Å². The molecule has 198 valence electrons. The summed E-state index contributed by atoms with van der Waals surface area (Å²) in [5.74, 6) is 0.0783. The Bertz CT molecular complexity index is 868. The van der Waals surface area contributed by atoms with Gasteiger partial charge in [0.1, 0.15) is 18.3 Å². The van der Waals surface area contributed by atoms with Gasteiger partial charge in [0.25, 0.3) is 5.56 Å². The van der Waals surface area contributed by atoms with E-state index in [0.717, 1.165) is 19.3 Å².